The number of nitrogen functional groups attached to an aromatic ring is 1. The second kappa shape index (κ2) is 5.96. The molecule has 0 unspecified atom stereocenters. The van der Waals surface area contributed by atoms with E-state index in [4.69, 9.17) is 15.2 Å². The number of methoxy groups -OCH3 is 2. The van der Waals surface area contributed by atoms with Gasteiger partial charge in [0.2, 0.25) is 5.78 Å². The summed E-state index contributed by atoms with van der Waals surface area (Å²) in [7, 11) is 3.04. The van der Waals surface area contributed by atoms with Gasteiger partial charge in [0.05, 0.1) is 25.3 Å². The Bertz CT molecular complexity index is 600. The number of hydrogen-bond donors (Lipinski definition) is 1. The van der Waals surface area contributed by atoms with Gasteiger partial charge in [-0.2, -0.15) is 0 Å². The van der Waals surface area contributed by atoms with E-state index in [1.807, 2.05) is 6.07 Å². The highest BCUT2D eigenvalue weighted by molar-refractivity contribution is 9.10. The van der Waals surface area contributed by atoms with Crippen LogP contribution in [0.1, 0.15) is 15.9 Å². The lowest BCUT2D eigenvalue weighted by atomic mass is 10.0. The Hall–Kier alpha value is -2.01. The van der Waals surface area contributed by atoms with E-state index in [-0.39, 0.29) is 5.78 Å². The zero-order chi connectivity index (χ0) is 14.7. The topological polar surface area (TPSA) is 61.5 Å². The van der Waals surface area contributed by atoms with Gasteiger partial charge in [0.1, 0.15) is 11.5 Å². The molecule has 0 saturated carbocycles. The van der Waals surface area contributed by atoms with Gasteiger partial charge in [0.15, 0.2) is 0 Å². The van der Waals surface area contributed by atoms with Crippen molar-refractivity contribution < 1.29 is 14.3 Å². The molecule has 2 N–H and O–H groups in total. The second-order valence-electron chi connectivity index (χ2n) is 4.13. The van der Waals surface area contributed by atoms with Crippen molar-refractivity contribution in [1.82, 2.24) is 0 Å². The molecule has 0 spiro atoms. The second-order valence-corrected chi connectivity index (χ2v) is 5.05. The Morgan fingerprint density at radius 2 is 1.55 bits per heavy atom. The van der Waals surface area contributed by atoms with E-state index in [1.54, 1.807) is 30.3 Å². The number of ketones is 1. The highest BCUT2D eigenvalue weighted by Crippen LogP contribution is 2.29. The average molecular weight is 336 g/mol. The van der Waals surface area contributed by atoms with E-state index in [9.17, 15) is 4.79 Å². The highest BCUT2D eigenvalue weighted by atomic mass is 79.9. The Balaban J connectivity index is 2.56. The molecular weight excluding hydrogens is 322 g/mol. The van der Waals surface area contributed by atoms with Crippen molar-refractivity contribution in [2.75, 3.05) is 20.0 Å². The molecule has 0 radical (unpaired) electrons. The Morgan fingerprint density at radius 1 is 1.00 bits per heavy atom. The minimum Gasteiger partial charge on any atom is -0.496 e. The van der Waals surface area contributed by atoms with Crippen LogP contribution in [0.25, 0.3) is 0 Å². The highest BCUT2D eigenvalue weighted by Gasteiger charge is 2.19. The first-order valence-electron chi connectivity index (χ1n) is 5.88. The van der Waals surface area contributed by atoms with E-state index in [2.05, 4.69) is 15.9 Å². The number of anilines is 1. The molecule has 0 saturated heterocycles. The first kappa shape index (κ1) is 14.4. The summed E-state index contributed by atoms with van der Waals surface area (Å²) in [5.74, 6) is 0.779. The van der Waals surface area contributed by atoms with Crippen LogP contribution < -0.4 is 15.2 Å². The van der Waals surface area contributed by atoms with Crippen LogP contribution in [0.3, 0.4) is 0 Å². The van der Waals surface area contributed by atoms with E-state index in [0.717, 1.165) is 4.47 Å². The molecule has 20 heavy (non-hydrogen) atoms. The summed E-state index contributed by atoms with van der Waals surface area (Å²) in [4.78, 5) is 12.7. The van der Waals surface area contributed by atoms with Gasteiger partial charge >= 0.3 is 0 Å². The molecule has 0 aliphatic carbocycles. The first-order valence-corrected chi connectivity index (χ1v) is 6.68. The molecule has 0 aromatic heterocycles. The SMILES string of the molecule is COc1ccc(N)cc1C(=O)c1cc(Br)ccc1OC. The molecule has 2 rings (SSSR count). The molecule has 5 heteroatoms. The maximum absolute atomic E-state index is 12.7. The zero-order valence-electron chi connectivity index (χ0n) is 11.1. The third-order valence-corrected chi connectivity index (χ3v) is 3.37. The number of hydrogen-bond acceptors (Lipinski definition) is 4. The predicted octanol–water partition coefficient (Wildman–Crippen LogP) is 3.28. The zero-order valence-corrected chi connectivity index (χ0v) is 12.7. The van der Waals surface area contributed by atoms with Crippen molar-refractivity contribution in [3.05, 3.63) is 52.0 Å². The summed E-state index contributed by atoms with van der Waals surface area (Å²) < 4.78 is 11.2. The number of carbonyl (C=O) groups excluding carboxylic acids is 1. The van der Waals surface area contributed by atoms with Gasteiger partial charge in [0.25, 0.3) is 0 Å². The van der Waals surface area contributed by atoms with Crippen LogP contribution in [0, 0.1) is 0 Å². The normalized spacial score (nSPS) is 10.2. The van der Waals surface area contributed by atoms with Gasteiger partial charge in [0, 0.05) is 10.2 Å². The number of carbonyl (C=O) groups is 1. The first-order chi connectivity index (χ1) is 9.56. The van der Waals surface area contributed by atoms with Gasteiger partial charge in [-0.25, -0.2) is 0 Å². The Kier molecular flexibility index (Phi) is 4.29. The van der Waals surface area contributed by atoms with Crippen LogP contribution in [-0.4, -0.2) is 20.0 Å². The van der Waals surface area contributed by atoms with Gasteiger partial charge < -0.3 is 15.2 Å². The minimum absolute atomic E-state index is 0.202. The monoisotopic (exact) mass is 335 g/mol. The van der Waals surface area contributed by atoms with Crippen LogP contribution in [0.2, 0.25) is 0 Å². The Morgan fingerprint density at radius 3 is 2.15 bits per heavy atom. The van der Waals surface area contributed by atoms with Crippen molar-refractivity contribution in [3.63, 3.8) is 0 Å². The molecule has 0 amide bonds. The molecule has 0 aliphatic heterocycles. The third-order valence-electron chi connectivity index (χ3n) is 2.87. The van der Waals surface area contributed by atoms with Gasteiger partial charge in [-0.05, 0) is 36.4 Å². The number of benzene rings is 2. The molecular formula is C15H14BrNO3. The maximum atomic E-state index is 12.7. The number of ether oxygens (including phenoxy) is 2. The molecule has 104 valence electrons. The van der Waals surface area contributed by atoms with Gasteiger partial charge in [-0.15, -0.1) is 0 Å². The predicted molar refractivity (Wildman–Crippen MR) is 81.5 cm³/mol. The third kappa shape index (κ3) is 2.77. The fourth-order valence-corrected chi connectivity index (χ4v) is 2.27. The van der Waals surface area contributed by atoms with E-state index in [0.29, 0.717) is 28.3 Å². The standard InChI is InChI=1S/C15H14BrNO3/c1-19-13-5-3-9(16)7-11(13)15(18)12-8-10(17)4-6-14(12)20-2/h3-8H,17H2,1-2H3. The van der Waals surface area contributed by atoms with Crippen LogP contribution in [0.4, 0.5) is 5.69 Å². The van der Waals surface area contributed by atoms with Gasteiger partial charge in [-0.3, -0.25) is 4.79 Å². The summed E-state index contributed by atoms with van der Waals surface area (Å²) in [6, 6.07) is 10.2. The van der Waals surface area contributed by atoms with Crippen LogP contribution >= 0.6 is 15.9 Å². The summed E-state index contributed by atoms with van der Waals surface area (Å²) in [6.07, 6.45) is 0. The summed E-state index contributed by atoms with van der Waals surface area (Å²) in [5.41, 5.74) is 7.11. The quantitative estimate of drug-likeness (QED) is 0.688. The molecule has 0 bridgehead atoms. The van der Waals surface area contributed by atoms with Gasteiger partial charge in [-0.1, -0.05) is 15.9 Å². The van der Waals surface area contributed by atoms with Crippen molar-refractivity contribution in [2.24, 2.45) is 0 Å². The average Bonchev–Trinajstić information content (AvgIpc) is 2.46. The number of halogens is 1. The molecule has 2 aromatic rings. The summed E-state index contributed by atoms with van der Waals surface area (Å²) in [6.45, 7) is 0. The molecule has 4 nitrogen and oxygen atoms in total. The van der Waals surface area contributed by atoms with Crippen LogP contribution in [0.5, 0.6) is 11.5 Å². The molecule has 0 fully saturated rings. The Labute approximate surface area is 125 Å². The number of rotatable bonds is 4. The lowest BCUT2D eigenvalue weighted by molar-refractivity contribution is 0.103. The minimum atomic E-state index is -0.202. The molecule has 0 heterocycles. The number of nitrogens with two attached hydrogens (primary N) is 1. The van der Waals surface area contributed by atoms with Crippen LogP contribution in [0.15, 0.2) is 40.9 Å². The smallest absolute Gasteiger partial charge is 0.200 e. The molecule has 2 aromatic carbocycles. The van der Waals surface area contributed by atoms with E-state index in [1.165, 1.54) is 14.2 Å². The van der Waals surface area contributed by atoms with Crippen molar-refractivity contribution in [1.29, 1.82) is 0 Å². The fourth-order valence-electron chi connectivity index (χ4n) is 1.91. The lowest BCUT2D eigenvalue weighted by Crippen LogP contribution is -2.07. The van der Waals surface area contributed by atoms with Crippen LogP contribution in [-0.2, 0) is 0 Å². The summed E-state index contributed by atoms with van der Waals surface area (Å²) in [5, 5.41) is 0. The van der Waals surface area contributed by atoms with Crippen molar-refractivity contribution >= 4 is 27.4 Å². The summed E-state index contributed by atoms with van der Waals surface area (Å²) >= 11 is 3.35. The largest absolute Gasteiger partial charge is 0.496 e. The molecule has 0 atom stereocenters. The van der Waals surface area contributed by atoms with E-state index < -0.39 is 0 Å². The maximum Gasteiger partial charge on any atom is 0.200 e. The van der Waals surface area contributed by atoms with Crippen molar-refractivity contribution in [2.45, 2.75) is 0 Å². The van der Waals surface area contributed by atoms with E-state index >= 15 is 0 Å². The van der Waals surface area contributed by atoms with Crippen molar-refractivity contribution in [3.8, 4) is 11.5 Å². The fraction of sp³-hybridized carbons (Fsp3) is 0.133. The molecule has 0 aliphatic rings. The lowest BCUT2D eigenvalue weighted by Gasteiger charge is -2.11.